The number of likely N-dealkylation sites (tertiary alicyclic amines) is 1. The number of amides is 1. The summed E-state index contributed by atoms with van der Waals surface area (Å²) in [6.07, 6.45) is 9.35. The molecule has 34 heavy (non-hydrogen) atoms. The summed E-state index contributed by atoms with van der Waals surface area (Å²) in [6.45, 7) is 1.97. The normalized spacial score (nSPS) is 35.5. The minimum Gasteiger partial charge on any atom is -0.504 e. The molecule has 2 bridgehead atoms. The standard InChI is InChI=1S/C27H32N2O5/c30-20-5-4-18-13-21-27(32)9-7-19(28-22(31)6-3-17-8-12-33-15-17)25-26(27,23(18)24(20)34-25)10-11-29(21)14-16-1-2-16/h4-5,8,12,15-16,19,21,25,30,32H,1-3,6-7,9-11,13-14H2,(H,28,31)/t19-,21+,25-,26-,27+/m0/s1. The average Bonchev–Trinajstić information content (AvgIpc) is 3.33. The number of hydrogen-bond donors (Lipinski definition) is 3. The topological polar surface area (TPSA) is 95.2 Å². The molecule has 2 aromatic rings. The summed E-state index contributed by atoms with van der Waals surface area (Å²) >= 11 is 0. The molecule has 1 amide bonds. The van der Waals surface area contributed by atoms with E-state index in [1.165, 1.54) is 18.4 Å². The fourth-order valence-electron chi connectivity index (χ4n) is 7.60. The van der Waals surface area contributed by atoms with Crippen molar-refractivity contribution in [3.05, 3.63) is 47.4 Å². The predicted octanol–water partition coefficient (Wildman–Crippen LogP) is 2.67. The van der Waals surface area contributed by atoms with E-state index >= 15 is 0 Å². The molecule has 3 heterocycles. The minimum atomic E-state index is -0.922. The second-order valence-electron chi connectivity index (χ2n) is 11.1. The highest BCUT2D eigenvalue weighted by Gasteiger charge is 2.73. The van der Waals surface area contributed by atoms with E-state index in [-0.39, 0.29) is 29.8 Å². The predicted molar refractivity (Wildman–Crippen MR) is 124 cm³/mol. The zero-order valence-electron chi connectivity index (χ0n) is 19.3. The number of nitrogens with zero attached hydrogens (tertiary/aromatic N) is 1. The molecule has 7 heteroatoms. The molecule has 0 unspecified atom stereocenters. The number of phenolic OH excluding ortho intramolecular Hbond substituents is 1. The third kappa shape index (κ3) is 2.80. The molecule has 2 aliphatic heterocycles. The van der Waals surface area contributed by atoms with Gasteiger partial charge in [0.1, 0.15) is 6.10 Å². The third-order valence-corrected chi connectivity index (χ3v) is 9.33. The SMILES string of the molecule is O=C(CCc1ccoc1)N[C@H]1CC[C@@]2(O)[C@H]3Cc4ccc(O)c5c4[C@@]2(CCN3CC2CC2)[C@H]1O5. The zero-order chi connectivity index (χ0) is 23.1. The van der Waals surface area contributed by atoms with Crippen LogP contribution in [0.4, 0.5) is 0 Å². The third-order valence-electron chi connectivity index (χ3n) is 9.33. The number of benzene rings is 1. The molecule has 0 radical (unpaired) electrons. The van der Waals surface area contributed by atoms with Crippen molar-refractivity contribution in [3.8, 4) is 11.5 Å². The van der Waals surface area contributed by atoms with Crippen molar-refractivity contribution < 1.29 is 24.2 Å². The Morgan fingerprint density at radius 3 is 2.88 bits per heavy atom. The lowest BCUT2D eigenvalue weighted by Crippen LogP contribution is -2.78. The highest BCUT2D eigenvalue weighted by atomic mass is 16.5. The lowest BCUT2D eigenvalue weighted by molar-refractivity contribution is -0.192. The molecule has 3 fully saturated rings. The quantitative estimate of drug-likeness (QED) is 0.609. The maximum Gasteiger partial charge on any atom is 0.220 e. The fraction of sp³-hybridized carbons (Fsp3) is 0.593. The molecule has 1 saturated heterocycles. The van der Waals surface area contributed by atoms with Gasteiger partial charge in [-0.05, 0) is 80.7 Å². The molecule has 7 rings (SSSR count). The van der Waals surface area contributed by atoms with Crippen LogP contribution in [-0.4, -0.2) is 57.9 Å². The van der Waals surface area contributed by atoms with Crippen LogP contribution >= 0.6 is 0 Å². The number of phenols is 1. The molecular formula is C27H32N2O5. The van der Waals surface area contributed by atoms with Crippen LogP contribution in [0.5, 0.6) is 11.5 Å². The fourth-order valence-corrected chi connectivity index (χ4v) is 7.60. The Hall–Kier alpha value is -2.51. The van der Waals surface area contributed by atoms with Crippen molar-refractivity contribution >= 4 is 5.91 Å². The second kappa shape index (κ2) is 7.25. The van der Waals surface area contributed by atoms with Crippen LogP contribution in [0.2, 0.25) is 0 Å². The number of piperidine rings is 1. The van der Waals surface area contributed by atoms with E-state index in [4.69, 9.17) is 9.15 Å². The van der Waals surface area contributed by atoms with Crippen LogP contribution in [0, 0.1) is 5.92 Å². The first-order valence-corrected chi connectivity index (χ1v) is 12.8. The molecule has 1 spiro atoms. The first kappa shape index (κ1) is 20.8. The molecule has 5 atom stereocenters. The van der Waals surface area contributed by atoms with Crippen molar-refractivity contribution in [2.45, 2.75) is 80.6 Å². The van der Waals surface area contributed by atoms with Gasteiger partial charge >= 0.3 is 0 Å². The zero-order valence-corrected chi connectivity index (χ0v) is 19.3. The lowest BCUT2D eigenvalue weighted by Gasteiger charge is -2.64. The number of carbonyl (C=O) groups is 1. The number of nitrogens with one attached hydrogen (secondary N) is 1. The van der Waals surface area contributed by atoms with Gasteiger partial charge in [-0.2, -0.15) is 0 Å². The van der Waals surface area contributed by atoms with Gasteiger partial charge in [0.25, 0.3) is 0 Å². The van der Waals surface area contributed by atoms with Gasteiger partial charge in [-0.15, -0.1) is 0 Å². The first-order chi connectivity index (χ1) is 16.5. The number of furan rings is 1. The summed E-state index contributed by atoms with van der Waals surface area (Å²) < 4.78 is 11.6. The second-order valence-corrected chi connectivity index (χ2v) is 11.1. The number of aromatic hydroxyl groups is 1. The number of rotatable bonds is 6. The van der Waals surface area contributed by atoms with Gasteiger partial charge in [0.05, 0.1) is 29.6 Å². The van der Waals surface area contributed by atoms with E-state index in [1.54, 1.807) is 18.6 Å². The van der Waals surface area contributed by atoms with Crippen molar-refractivity contribution in [2.24, 2.45) is 5.92 Å². The molecule has 1 aromatic carbocycles. The van der Waals surface area contributed by atoms with Crippen LogP contribution in [0.25, 0.3) is 0 Å². The monoisotopic (exact) mass is 464 g/mol. The van der Waals surface area contributed by atoms with Crippen LogP contribution in [0.3, 0.4) is 0 Å². The van der Waals surface area contributed by atoms with Gasteiger partial charge < -0.3 is 24.7 Å². The maximum atomic E-state index is 12.9. The van der Waals surface area contributed by atoms with Gasteiger partial charge in [0, 0.05) is 24.6 Å². The average molecular weight is 465 g/mol. The largest absolute Gasteiger partial charge is 0.504 e. The van der Waals surface area contributed by atoms with Gasteiger partial charge in [-0.25, -0.2) is 0 Å². The van der Waals surface area contributed by atoms with Gasteiger partial charge in [0.2, 0.25) is 5.91 Å². The molecule has 1 aromatic heterocycles. The Kier molecular flexibility index (Phi) is 4.44. The molecule has 180 valence electrons. The number of hydrogen-bond acceptors (Lipinski definition) is 6. The van der Waals surface area contributed by atoms with Crippen LogP contribution in [0.1, 0.15) is 55.2 Å². The highest BCUT2D eigenvalue weighted by molar-refractivity contribution is 5.77. The number of ether oxygens (including phenoxy) is 1. The van der Waals surface area contributed by atoms with Crippen molar-refractivity contribution in [2.75, 3.05) is 13.1 Å². The smallest absolute Gasteiger partial charge is 0.220 e. The Morgan fingerprint density at radius 1 is 1.21 bits per heavy atom. The summed E-state index contributed by atoms with van der Waals surface area (Å²) in [6, 6.07) is 5.47. The van der Waals surface area contributed by atoms with Crippen LogP contribution in [0.15, 0.2) is 35.1 Å². The number of carbonyl (C=O) groups excluding carboxylic acids is 1. The Bertz CT molecular complexity index is 1130. The van der Waals surface area contributed by atoms with Crippen molar-refractivity contribution in [1.82, 2.24) is 10.2 Å². The van der Waals surface area contributed by atoms with Crippen LogP contribution < -0.4 is 10.1 Å². The van der Waals surface area contributed by atoms with E-state index in [0.717, 1.165) is 43.0 Å². The number of aryl methyl sites for hydroxylation is 1. The Balaban J connectivity index is 1.22. The van der Waals surface area contributed by atoms with E-state index in [1.807, 2.05) is 12.1 Å². The Morgan fingerprint density at radius 2 is 2.09 bits per heavy atom. The van der Waals surface area contributed by atoms with Crippen LogP contribution in [-0.2, 0) is 23.1 Å². The molecule has 7 nitrogen and oxygen atoms in total. The van der Waals surface area contributed by atoms with Crippen molar-refractivity contribution in [1.29, 1.82) is 0 Å². The molecular weight excluding hydrogens is 432 g/mol. The van der Waals surface area contributed by atoms with E-state index in [2.05, 4.69) is 10.2 Å². The summed E-state index contributed by atoms with van der Waals surface area (Å²) in [5.41, 5.74) is 1.66. The van der Waals surface area contributed by atoms with E-state index in [0.29, 0.717) is 31.4 Å². The number of aliphatic hydroxyl groups is 1. The summed E-state index contributed by atoms with van der Waals surface area (Å²) in [4.78, 5) is 15.4. The summed E-state index contributed by atoms with van der Waals surface area (Å²) in [5, 5.41) is 26.4. The van der Waals surface area contributed by atoms with Gasteiger partial charge in [-0.3, -0.25) is 9.69 Å². The van der Waals surface area contributed by atoms with E-state index in [9.17, 15) is 15.0 Å². The first-order valence-electron chi connectivity index (χ1n) is 12.8. The highest BCUT2D eigenvalue weighted by Crippen LogP contribution is 2.65. The van der Waals surface area contributed by atoms with Gasteiger partial charge in [0.15, 0.2) is 11.5 Å². The molecule has 3 aliphatic carbocycles. The molecule has 5 aliphatic rings. The van der Waals surface area contributed by atoms with E-state index < -0.39 is 11.0 Å². The minimum absolute atomic E-state index is 0.0180. The maximum absolute atomic E-state index is 12.9. The Labute approximate surface area is 199 Å². The van der Waals surface area contributed by atoms with Gasteiger partial charge in [-0.1, -0.05) is 6.07 Å². The summed E-state index contributed by atoms with van der Waals surface area (Å²) in [7, 11) is 0. The molecule has 3 N–H and O–H groups in total. The summed E-state index contributed by atoms with van der Waals surface area (Å²) in [5.74, 6) is 1.40. The van der Waals surface area contributed by atoms with Crippen molar-refractivity contribution in [3.63, 3.8) is 0 Å². The molecule has 2 saturated carbocycles. The lowest BCUT2D eigenvalue weighted by atomic mass is 9.48.